The van der Waals surface area contributed by atoms with Crippen molar-refractivity contribution in [2.45, 2.75) is 110 Å². The van der Waals surface area contributed by atoms with E-state index in [1.165, 1.54) is 56.1 Å². The van der Waals surface area contributed by atoms with Crippen molar-refractivity contribution in [3.05, 3.63) is 65.2 Å². The molecule has 38 heavy (non-hydrogen) atoms. The highest BCUT2D eigenvalue weighted by atomic mass is 16.7. The number of rotatable bonds is 15. The second-order valence-electron chi connectivity index (χ2n) is 11.8. The fourth-order valence-corrected chi connectivity index (χ4v) is 6.59. The average Bonchev–Trinajstić information content (AvgIpc) is 3.55. The lowest BCUT2D eigenvalue weighted by molar-refractivity contribution is -0.133. The summed E-state index contributed by atoms with van der Waals surface area (Å²) < 4.78 is 18.2. The van der Waals surface area contributed by atoms with Crippen molar-refractivity contribution in [2.24, 2.45) is 11.3 Å². The molecule has 3 unspecified atom stereocenters. The molecule has 0 aromatic heterocycles. The molecule has 0 N–H and O–H groups in total. The molecule has 2 fully saturated rings. The first-order valence-electron chi connectivity index (χ1n) is 15.1. The minimum absolute atomic E-state index is 0.265. The van der Waals surface area contributed by atoms with E-state index in [-0.39, 0.29) is 11.4 Å². The van der Waals surface area contributed by atoms with Crippen LogP contribution in [-0.2, 0) is 9.47 Å². The molecular formula is C34H48O4. The summed E-state index contributed by atoms with van der Waals surface area (Å²) in [7, 11) is 0. The molecule has 4 rings (SSSR count). The van der Waals surface area contributed by atoms with Crippen LogP contribution in [-0.4, -0.2) is 25.5 Å². The highest BCUT2D eigenvalue weighted by Gasteiger charge is 2.46. The zero-order valence-electron chi connectivity index (χ0n) is 24.0. The molecule has 0 saturated heterocycles. The molecule has 0 amide bonds. The SMILES string of the molecule is CCCC(CC)c1ccc(OCCOC(CC23CCC(CC2)C3)OC(=O)c2ccc(C(C)CC)cc2)cc1. The molecule has 0 aliphatic heterocycles. The molecule has 2 saturated carbocycles. The van der Waals surface area contributed by atoms with Crippen LogP contribution in [0, 0.1) is 11.3 Å². The van der Waals surface area contributed by atoms with E-state index >= 15 is 0 Å². The van der Waals surface area contributed by atoms with Gasteiger partial charge in [0.25, 0.3) is 0 Å². The highest BCUT2D eigenvalue weighted by Crippen LogP contribution is 2.56. The van der Waals surface area contributed by atoms with Crippen LogP contribution < -0.4 is 4.74 Å². The van der Waals surface area contributed by atoms with Crippen molar-refractivity contribution in [3.8, 4) is 5.75 Å². The van der Waals surface area contributed by atoms with Crippen LogP contribution in [0.4, 0.5) is 0 Å². The maximum Gasteiger partial charge on any atom is 0.340 e. The van der Waals surface area contributed by atoms with E-state index in [0.717, 1.165) is 30.9 Å². The van der Waals surface area contributed by atoms with E-state index in [1.807, 2.05) is 24.3 Å². The van der Waals surface area contributed by atoms with Gasteiger partial charge in [0.1, 0.15) is 12.4 Å². The van der Waals surface area contributed by atoms with Gasteiger partial charge in [0.15, 0.2) is 0 Å². The Morgan fingerprint density at radius 1 is 0.921 bits per heavy atom. The Kier molecular flexibility index (Phi) is 10.3. The molecule has 0 spiro atoms. The predicted molar refractivity (Wildman–Crippen MR) is 154 cm³/mol. The lowest BCUT2D eigenvalue weighted by atomic mass is 9.81. The van der Waals surface area contributed by atoms with Gasteiger partial charge in [-0.25, -0.2) is 4.79 Å². The van der Waals surface area contributed by atoms with E-state index in [0.29, 0.717) is 30.6 Å². The molecule has 4 heteroatoms. The third-order valence-electron chi connectivity index (χ3n) is 9.19. The molecule has 208 valence electrons. The Morgan fingerprint density at radius 2 is 1.61 bits per heavy atom. The zero-order valence-corrected chi connectivity index (χ0v) is 24.0. The fraction of sp³-hybridized carbons (Fsp3) is 0.618. The Balaban J connectivity index is 1.32. The van der Waals surface area contributed by atoms with Gasteiger partial charge >= 0.3 is 5.97 Å². The minimum atomic E-state index is -0.543. The zero-order chi connectivity index (χ0) is 27.0. The van der Waals surface area contributed by atoms with Crippen LogP contribution in [0.15, 0.2) is 48.5 Å². The van der Waals surface area contributed by atoms with Gasteiger partial charge in [-0.3, -0.25) is 0 Å². The smallest absolute Gasteiger partial charge is 0.340 e. The lowest BCUT2D eigenvalue weighted by Gasteiger charge is -2.31. The summed E-state index contributed by atoms with van der Waals surface area (Å²) in [5.74, 6) is 2.49. The van der Waals surface area contributed by atoms with Crippen molar-refractivity contribution >= 4 is 5.97 Å². The number of ether oxygens (including phenoxy) is 3. The summed E-state index contributed by atoms with van der Waals surface area (Å²) in [6.07, 6.45) is 11.2. The lowest BCUT2D eigenvalue weighted by Crippen LogP contribution is -2.30. The van der Waals surface area contributed by atoms with E-state index in [2.05, 4.69) is 52.0 Å². The highest BCUT2D eigenvalue weighted by molar-refractivity contribution is 5.89. The summed E-state index contributed by atoms with van der Waals surface area (Å²) in [6, 6.07) is 16.4. The van der Waals surface area contributed by atoms with E-state index < -0.39 is 6.29 Å². The summed E-state index contributed by atoms with van der Waals surface area (Å²) in [5.41, 5.74) is 3.48. The van der Waals surface area contributed by atoms with E-state index in [1.54, 1.807) is 0 Å². The Morgan fingerprint density at radius 3 is 2.18 bits per heavy atom. The maximum absolute atomic E-state index is 13.1. The minimum Gasteiger partial charge on any atom is -0.491 e. The van der Waals surface area contributed by atoms with Gasteiger partial charge < -0.3 is 14.2 Å². The molecule has 2 bridgehead atoms. The number of carbonyl (C=O) groups is 1. The van der Waals surface area contributed by atoms with Gasteiger partial charge in [0.05, 0.1) is 12.2 Å². The fourth-order valence-electron chi connectivity index (χ4n) is 6.59. The predicted octanol–water partition coefficient (Wildman–Crippen LogP) is 9.04. The molecule has 3 atom stereocenters. The standard InChI is InChI=1S/C34H48O4/c1-5-8-27(7-3)29-13-15-31(16-14-29)36-21-22-37-32(24-34-19-17-26(23-34)18-20-34)38-33(35)30-11-9-28(10-12-30)25(4)6-2/h9-16,25-27,32H,5-8,17-24H2,1-4H3. The van der Waals surface area contributed by atoms with E-state index in [4.69, 9.17) is 14.2 Å². The molecule has 2 aromatic carbocycles. The van der Waals surface area contributed by atoms with Gasteiger partial charge in [-0.2, -0.15) is 0 Å². The van der Waals surface area contributed by atoms with Crippen molar-refractivity contribution in [2.75, 3.05) is 13.2 Å². The molecule has 2 aromatic rings. The van der Waals surface area contributed by atoms with E-state index in [9.17, 15) is 4.79 Å². The first-order chi connectivity index (χ1) is 18.4. The maximum atomic E-state index is 13.1. The summed E-state index contributed by atoms with van der Waals surface area (Å²) in [5, 5.41) is 0. The van der Waals surface area contributed by atoms with Crippen LogP contribution in [0.25, 0.3) is 0 Å². The molecule has 2 aliphatic rings. The second kappa shape index (κ2) is 13.6. The van der Waals surface area contributed by atoms with Crippen molar-refractivity contribution in [3.63, 3.8) is 0 Å². The van der Waals surface area contributed by atoms with Crippen LogP contribution in [0.2, 0.25) is 0 Å². The Hall–Kier alpha value is -2.33. The first kappa shape index (κ1) is 28.7. The monoisotopic (exact) mass is 520 g/mol. The van der Waals surface area contributed by atoms with Gasteiger partial charge in [0, 0.05) is 6.42 Å². The van der Waals surface area contributed by atoms with Crippen LogP contribution >= 0.6 is 0 Å². The van der Waals surface area contributed by atoms with Gasteiger partial charge in [-0.15, -0.1) is 0 Å². The number of carbonyl (C=O) groups excluding carboxylic acids is 1. The van der Waals surface area contributed by atoms with Crippen LogP contribution in [0.5, 0.6) is 5.75 Å². The summed E-state index contributed by atoms with van der Waals surface area (Å²) >= 11 is 0. The third-order valence-corrected chi connectivity index (χ3v) is 9.19. The quantitative estimate of drug-likeness (QED) is 0.133. The third kappa shape index (κ3) is 7.40. The molecule has 4 nitrogen and oxygen atoms in total. The van der Waals surface area contributed by atoms with Gasteiger partial charge in [0.2, 0.25) is 6.29 Å². The van der Waals surface area contributed by atoms with Crippen LogP contribution in [0.1, 0.15) is 125 Å². The second-order valence-corrected chi connectivity index (χ2v) is 11.8. The normalized spacial score (nSPS) is 22.7. The number of fused-ring (bicyclic) bond motifs is 2. The van der Waals surface area contributed by atoms with Gasteiger partial charge in [-0.1, -0.05) is 58.4 Å². The van der Waals surface area contributed by atoms with Crippen molar-refractivity contribution in [1.82, 2.24) is 0 Å². The molecular weight excluding hydrogens is 472 g/mol. The Bertz CT molecular complexity index is 988. The number of hydrogen-bond acceptors (Lipinski definition) is 4. The van der Waals surface area contributed by atoms with Gasteiger partial charge in [-0.05, 0) is 110 Å². The van der Waals surface area contributed by atoms with Crippen molar-refractivity contribution < 1.29 is 19.0 Å². The molecule has 0 radical (unpaired) electrons. The number of hydrogen-bond donors (Lipinski definition) is 0. The number of benzene rings is 2. The average molecular weight is 521 g/mol. The summed E-state index contributed by atoms with van der Waals surface area (Å²) in [4.78, 5) is 13.1. The number of esters is 1. The Labute approximate surface area is 230 Å². The summed E-state index contributed by atoms with van der Waals surface area (Å²) in [6.45, 7) is 9.70. The van der Waals surface area contributed by atoms with Crippen molar-refractivity contribution in [1.29, 1.82) is 0 Å². The first-order valence-corrected chi connectivity index (χ1v) is 15.1. The topological polar surface area (TPSA) is 44.8 Å². The largest absolute Gasteiger partial charge is 0.491 e. The molecule has 2 aliphatic carbocycles. The molecule has 0 heterocycles. The van der Waals surface area contributed by atoms with Crippen LogP contribution in [0.3, 0.4) is 0 Å².